The average molecular weight is 293 g/mol. The van der Waals surface area contributed by atoms with E-state index >= 15 is 0 Å². The van der Waals surface area contributed by atoms with E-state index in [4.69, 9.17) is 16.7 Å². The van der Waals surface area contributed by atoms with E-state index in [0.29, 0.717) is 6.42 Å². The maximum Gasteiger partial charge on any atom is 0.318 e. The van der Waals surface area contributed by atoms with Crippen LogP contribution in [0.4, 0.5) is 0 Å². The molecule has 0 radical (unpaired) electrons. The number of carboxylic acid groups (broad SMARTS) is 1. The molecule has 0 spiro atoms. The lowest BCUT2D eigenvalue weighted by Gasteiger charge is -2.19. The number of sulfonamides is 1. The van der Waals surface area contributed by atoms with Gasteiger partial charge in [0.2, 0.25) is 10.0 Å². The summed E-state index contributed by atoms with van der Waals surface area (Å²) in [4.78, 5) is 14.3. The number of aliphatic carboxylic acids is 1. The fourth-order valence-corrected chi connectivity index (χ4v) is 3.08. The largest absolute Gasteiger partial charge is 0.480 e. The first kappa shape index (κ1) is 14.9. The van der Waals surface area contributed by atoms with E-state index in [-0.39, 0.29) is 16.5 Å². The third kappa shape index (κ3) is 3.66. The second-order valence-electron chi connectivity index (χ2n) is 3.57. The Morgan fingerprint density at radius 1 is 1.50 bits per heavy atom. The van der Waals surface area contributed by atoms with E-state index in [9.17, 15) is 13.2 Å². The van der Waals surface area contributed by atoms with E-state index in [1.807, 2.05) is 0 Å². The maximum atomic E-state index is 12.2. The van der Waals surface area contributed by atoms with Gasteiger partial charge in [0.25, 0.3) is 0 Å². The number of pyridine rings is 1. The van der Waals surface area contributed by atoms with Crippen LogP contribution in [0, 0.1) is 0 Å². The zero-order chi connectivity index (χ0) is 13.8. The Kier molecular flexibility index (Phi) is 5.06. The first-order chi connectivity index (χ1) is 8.37. The fourth-order valence-electron chi connectivity index (χ4n) is 1.37. The molecule has 8 heteroatoms. The van der Waals surface area contributed by atoms with Crippen LogP contribution in [-0.4, -0.2) is 41.9 Å². The summed E-state index contributed by atoms with van der Waals surface area (Å²) in [5.41, 5.74) is 0. The van der Waals surface area contributed by atoms with E-state index in [2.05, 4.69) is 4.98 Å². The summed E-state index contributed by atoms with van der Waals surface area (Å²) in [5.74, 6) is -1.21. The predicted octanol–water partition coefficient (Wildman–Crippen LogP) is 1.22. The molecule has 1 aromatic heterocycles. The molecular weight excluding hydrogens is 280 g/mol. The normalized spacial score (nSPS) is 11.7. The van der Waals surface area contributed by atoms with Crippen LogP contribution in [0.1, 0.15) is 13.3 Å². The van der Waals surface area contributed by atoms with Gasteiger partial charge in [-0.2, -0.15) is 4.31 Å². The molecule has 0 fully saturated rings. The van der Waals surface area contributed by atoms with Crippen molar-refractivity contribution in [1.82, 2.24) is 9.29 Å². The van der Waals surface area contributed by atoms with Crippen molar-refractivity contribution in [3.63, 3.8) is 0 Å². The molecule has 0 amide bonds. The van der Waals surface area contributed by atoms with E-state index in [1.165, 1.54) is 12.3 Å². The van der Waals surface area contributed by atoms with Crippen LogP contribution in [0.25, 0.3) is 0 Å². The molecule has 0 unspecified atom stereocenters. The molecule has 1 heterocycles. The molecule has 0 bridgehead atoms. The summed E-state index contributed by atoms with van der Waals surface area (Å²) >= 11 is 5.68. The topological polar surface area (TPSA) is 87.6 Å². The van der Waals surface area contributed by atoms with Gasteiger partial charge in [-0.25, -0.2) is 8.42 Å². The van der Waals surface area contributed by atoms with Gasteiger partial charge in [0.1, 0.15) is 11.4 Å². The van der Waals surface area contributed by atoms with Crippen molar-refractivity contribution in [1.29, 1.82) is 0 Å². The van der Waals surface area contributed by atoms with Gasteiger partial charge in [-0.1, -0.05) is 18.5 Å². The van der Waals surface area contributed by atoms with Crippen LogP contribution in [-0.2, 0) is 14.8 Å². The van der Waals surface area contributed by atoms with E-state index in [0.717, 1.165) is 10.5 Å². The molecule has 18 heavy (non-hydrogen) atoms. The highest BCUT2D eigenvalue weighted by molar-refractivity contribution is 7.89. The third-order valence-corrected chi connectivity index (χ3v) is 4.12. The molecule has 0 aliphatic heterocycles. The summed E-state index contributed by atoms with van der Waals surface area (Å²) in [6.45, 7) is 1.31. The number of hydrogen-bond acceptors (Lipinski definition) is 4. The van der Waals surface area contributed by atoms with Crippen molar-refractivity contribution in [2.24, 2.45) is 0 Å². The Morgan fingerprint density at radius 2 is 2.17 bits per heavy atom. The number of nitrogens with zero attached hydrogens (tertiary/aromatic N) is 2. The van der Waals surface area contributed by atoms with E-state index < -0.39 is 22.5 Å². The fraction of sp³-hybridized carbons (Fsp3) is 0.400. The monoisotopic (exact) mass is 292 g/mol. The molecule has 0 saturated heterocycles. The van der Waals surface area contributed by atoms with Crippen LogP contribution in [0.5, 0.6) is 0 Å². The highest BCUT2D eigenvalue weighted by atomic mass is 35.5. The highest BCUT2D eigenvalue weighted by Crippen LogP contribution is 2.18. The van der Waals surface area contributed by atoms with Crippen molar-refractivity contribution >= 4 is 27.6 Å². The lowest BCUT2D eigenvalue weighted by Crippen LogP contribution is -2.36. The highest BCUT2D eigenvalue weighted by Gasteiger charge is 2.26. The van der Waals surface area contributed by atoms with Crippen LogP contribution < -0.4 is 0 Å². The van der Waals surface area contributed by atoms with Crippen LogP contribution in [0.3, 0.4) is 0 Å². The zero-order valence-electron chi connectivity index (χ0n) is 9.71. The molecule has 0 atom stereocenters. The number of rotatable bonds is 6. The Morgan fingerprint density at radius 3 is 2.67 bits per heavy atom. The molecule has 0 aliphatic carbocycles. The summed E-state index contributed by atoms with van der Waals surface area (Å²) < 4.78 is 25.2. The van der Waals surface area contributed by atoms with Gasteiger partial charge < -0.3 is 5.11 Å². The standard InChI is InChI=1S/C10H13ClN2O4S/c1-2-3-13(7-10(14)15)18(16,17)9-4-8(11)5-12-6-9/h4-6H,2-3,7H2,1H3,(H,14,15). The van der Waals surface area contributed by atoms with Gasteiger partial charge in [0.05, 0.1) is 5.02 Å². The Balaban J connectivity index is 3.12. The maximum absolute atomic E-state index is 12.2. The predicted molar refractivity (Wildman–Crippen MR) is 65.9 cm³/mol. The summed E-state index contributed by atoms with van der Waals surface area (Å²) in [7, 11) is -3.88. The van der Waals surface area contributed by atoms with Crippen molar-refractivity contribution in [3.8, 4) is 0 Å². The molecule has 1 rings (SSSR count). The molecule has 0 saturated carbocycles. The smallest absolute Gasteiger partial charge is 0.318 e. The summed E-state index contributed by atoms with van der Waals surface area (Å²) in [6, 6.07) is 1.24. The van der Waals surface area contributed by atoms with Gasteiger partial charge in [-0.05, 0) is 12.5 Å². The van der Waals surface area contributed by atoms with Crippen LogP contribution in [0.15, 0.2) is 23.4 Å². The minimum absolute atomic E-state index is 0.107. The Bertz CT molecular complexity index is 532. The molecule has 6 nitrogen and oxygen atoms in total. The average Bonchev–Trinajstić information content (AvgIpc) is 2.28. The Labute approximate surface area is 110 Å². The quantitative estimate of drug-likeness (QED) is 0.852. The number of carbonyl (C=O) groups is 1. The molecule has 1 N–H and O–H groups in total. The van der Waals surface area contributed by atoms with Crippen molar-refractivity contribution in [3.05, 3.63) is 23.5 Å². The summed E-state index contributed by atoms with van der Waals surface area (Å²) in [5, 5.41) is 8.91. The number of halogens is 1. The molecule has 0 aliphatic rings. The second-order valence-corrected chi connectivity index (χ2v) is 5.95. The minimum atomic E-state index is -3.88. The van der Waals surface area contributed by atoms with Gasteiger partial charge >= 0.3 is 5.97 Å². The molecule has 1 aromatic rings. The number of aromatic nitrogens is 1. The van der Waals surface area contributed by atoms with Crippen molar-refractivity contribution < 1.29 is 18.3 Å². The minimum Gasteiger partial charge on any atom is -0.480 e. The van der Waals surface area contributed by atoms with Crippen LogP contribution in [0.2, 0.25) is 5.02 Å². The van der Waals surface area contributed by atoms with Gasteiger partial charge in [0.15, 0.2) is 0 Å². The van der Waals surface area contributed by atoms with Crippen molar-refractivity contribution in [2.45, 2.75) is 18.2 Å². The Hall–Kier alpha value is -1.18. The number of hydrogen-bond donors (Lipinski definition) is 1. The van der Waals surface area contributed by atoms with Gasteiger partial charge in [0, 0.05) is 18.9 Å². The summed E-state index contributed by atoms with van der Waals surface area (Å²) in [6.07, 6.45) is 2.97. The van der Waals surface area contributed by atoms with E-state index in [1.54, 1.807) is 6.92 Å². The second kappa shape index (κ2) is 6.12. The lowest BCUT2D eigenvalue weighted by molar-refractivity contribution is -0.137. The van der Waals surface area contributed by atoms with Gasteiger partial charge in [-0.15, -0.1) is 0 Å². The molecule has 0 aromatic carbocycles. The molecular formula is C10H13ClN2O4S. The van der Waals surface area contributed by atoms with Gasteiger partial charge in [-0.3, -0.25) is 9.78 Å². The first-order valence-corrected chi connectivity index (χ1v) is 7.02. The molecule has 100 valence electrons. The zero-order valence-corrected chi connectivity index (χ0v) is 11.3. The lowest BCUT2D eigenvalue weighted by atomic mass is 10.5. The number of carboxylic acids is 1. The van der Waals surface area contributed by atoms with Crippen LogP contribution >= 0.6 is 11.6 Å². The SMILES string of the molecule is CCCN(CC(=O)O)S(=O)(=O)c1cncc(Cl)c1. The third-order valence-electron chi connectivity index (χ3n) is 2.10. The van der Waals surface area contributed by atoms with Crippen molar-refractivity contribution in [2.75, 3.05) is 13.1 Å². The first-order valence-electron chi connectivity index (χ1n) is 5.20.